The highest BCUT2D eigenvalue weighted by Crippen LogP contribution is 2.44. The third kappa shape index (κ3) is 9.78. The van der Waals surface area contributed by atoms with E-state index >= 15 is 0 Å². The number of pyridine rings is 1. The molecule has 2 aromatic carbocycles. The van der Waals surface area contributed by atoms with Gasteiger partial charge in [-0.3, -0.25) is 14.6 Å². The number of thioether (sulfide) groups is 1. The van der Waals surface area contributed by atoms with E-state index in [1.807, 2.05) is 12.3 Å². The Balaban J connectivity index is 1.51. The summed E-state index contributed by atoms with van der Waals surface area (Å²) in [5.74, 6) is -0.953. The molecule has 2 unspecified atom stereocenters. The molecule has 52 heavy (non-hydrogen) atoms. The minimum atomic E-state index is -0.905. The van der Waals surface area contributed by atoms with Gasteiger partial charge in [0, 0.05) is 36.9 Å². The number of methoxy groups -OCH3 is 1. The Labute approximate surface area is 307 Å². The lowest BCUT2D eigenvalue weighted by molar-refractivity contribution is -0.122. The summed E-state index contributed by atoms with van der Waals surface area (Å²) < 4.78 is 16.7. The molecular formula is C39H44N4O8S. The normalized spacial score (nSPS) is 17.2. The summed E-state index contributed by atoms with van der Waals surface area (Å²) in [5, 5.41) is 30.5. The summed E-state index contributed by atoms with van der Waals surface area (Å²) in [5.41, 5.74) is 1.25. The maximum Gasteiger partial charge on any atom is 0.342 e. The fraction of sp³-hybridized carbons (Fsp3) is 0.385. The van der Waals surface area contributed by atoms with Crippen LogP contribution in [-0.4, -0.2) is 68.2 Å². The van der Waals surface area contributed by atoms with Crippen molar-refractivity contribution in [1.82, 2.24) is 20.4 Å². The molecule has 0 fully saturated rings. The number of fused-ring (bicyclic) bond motifs is 1. The first kappa shape index (κ1) is 38.1. The molecule has 0 saturated heterocycles. The lowest BCUT2D eigenvalue weighted by Crippen LogP contribution is -2.30. The number of benzene rings is 2. The molecule has 13 heteroatoms. The number of hydrogen-bond acceptors (Lipinski definition) is 12. The van der Waals surface area contributed by atoms with Crippen LogP contribution in [0, 0.1) is 0 Å². The van der Waals surface area contributed by atoms with E-state index in [9.17, 15) is 24.6 Å². The van der Waals surface area contributed by atoms with Crippen molar-refractivity contribution in [3.63, 3.8) is 0 Å². The number of nitrogens with zero attached hydrogens (tertiary/aromatic N) is 3. The van der Waals surface area contributed by atoms with Crippen LogP contribution in [0.2, 0.25) is 0 Å². The third-order valence-corrected chi connectivity index (χ3v) is 9.53. The minimum absolute atomic E-state index is 0.000301. The largest absolute Gasteiger partial charge is 0.507 e. The molecule has 4 aromatic rings. The Hall–Kier alpha value is -5.17. The lowest BCUT2D eigenvalue weighted by atomic mass is 9.84. The van der Waals surface area contributed by atoms with Crippen molar-refractivity contribution < 1.29 is 38.6 Å². The highest BCUT2D eigenvalue weighted by Gasteiger charge is 2.32. The van der Waals surface area contributed by atoms with E-state index < -0.39 is 35.7 Å². The molecule has 0 aliphatic carbocycles. The minimum Gasteiger partial charge on any atom is -0.507 e. The molecule has 0 spiro atoms. The quantitative estimate of drug-likeness (QED) is 0.133. The number of cyclic esters (lactones) is 1. The number of phenolic OH excluding ortho intramolecular Hbond substituents is 2. The van der Waals surface area contributed by atoms with Crippen LogP contribution in [0.3, 0.4) is 0 Å². The fourth-order valence-corrected chi connectivity index (χ4v) is 6.62. The van der Waals surface area contributed by atoms with E-state index in [1.54, 1.807) is 73.4 Å². The smallest absolute Gasteiger partial charge is 0.342 e. The number of esters is 1. The van der Waals surface area contributed by atoms with Gasteiger partial charge >= 0.3 is 5.97 Å². The van der Waals surface area contributed by atoms with Crippen LogP contribution >= 0.6 is 11.8 Å². The first-order valence-electron chi connectivity index (χ1n) is 17.3. The second kappa shape index (κ2) is 18.4. The highest BCUT2D eigenvalue weighted by molar-refractivity contribution is 7.98. The summed E-state index contributed by atoms with van der Waals surface area (Å²) in [6, 6.07) is 13.0. The molecule has 0 radical (unpaired) electrons. The number of amides is 1. The average Bonchev–Trinajstić information content (AvgIpc) is 3.63. The maximum atomic E-state index is 14.0. The van der Waals surface area contributed by atoms with Crippen LogP contribution in [0.15, 0.2) is 65.3 Å². The van der Waals surface area contributed by atoms with Crippen LogP contribution in [0.25, 0.3) is 17.6 Å². The second-order valence-corrected chi connectivity index (χ2v) is 13.7. The van der Waals surface area contributed by atoms with Crippen molar-refractivity contribution in [2.75, 3.05) is 19.1 Å². The van der Waals surface area contributed by atoms with E-state index in [1.165, 1.54) is 13.2 Å². The third-order valence-electron chi connectivity index (χ3n) is 8.89. The average molecular weight is 729 g/mol. The number of aromatic nitrogens is 3. The predicted molar refractivity (Wildman–Crippen MR) is 197 cm³/mol. The van der Waals surface area contributed by atoms with Crippen molar-refractivity contribution in [2.24, 2.45) is 0 Å². The van der Waals surface area contributed by atoms with Crippen LogP contribution in [0.4, 0.5) is 0 Å². The number of allylic oxidation sites excluding steroid dienone is 1. The Bertz CT molecular complexity index is 1860. The first-order chi connectivity index (χ1) is 25.2. The molecule has 5 rings (SSSR count). The highest BCUT2D eigenvalue weighted by atomic mass is 32.2. The Morgan fingerprint density at radius 1 is 1.12 bits per heavy atom. The molecule has 3 heterocycles. The molecule has 2 aromatic heterocycles. The zero-order chi connectivity index (χ0) is 37.0. The van der Waals surface area contributed by atoms with Gasteiger partial charge in [0.05, 0.1) is 13.2 Å². The zero-order valence-corrected chi connectivity index (χ0v) is 30.4. The number of Topliss-reactive ketones (excluding diaryl/α,β-unsaturated/α-hetero) is 1. The van der Waals surface area contributed by atoms with Gasteiger partial charge in [-0.05, 0) is 92.5 Å². The van der Waals surface area contributed by atoms with Crippen molar-refractivity contribution in [2.45, 2.75) is 76.4 Å². The number of nitrogens with one attached hydrogen (secondary N) is 1. The maximum absolute atomic E-state index is 14.0. The molecule has 1 aliphatic rings. The van der Waals surface area contributed by atoms with E-state index in [0.717, 1.165) is 0 Å². The van der Waals surface area contributed by atoms with Crippen LogP contribution < -0.4 is 10.1 Å². The number of aromatic hydroxyl groups is 2. The topological polar surface area (TPSA) is 174 Å². The van der Waals surface area contributed by atoms with Crippen molar-refractivity contribution in [1.29, 1.82) is 0 Å². The molecule has 0 bridgehead atoms. The van der Waals surface area contributed by atoms with Gasteiger partial charge in [0.25, 0.3) is 0 Å². The van der Waals surface area contributed by atoms with Gasteiger partial charge in [-0.2, -0.15) is 16.7 Å². The molecular weight excluding hydrogens is 685 g/mol. The number of carbonyl (C=O) groups excluding carboxylic acids is 3. The van der Waals surface area contributed by atoms with Gasteiger partial charge in [0.1, 0.15) is 40.3 Å². The summed E-state index contributed by atoms with van der Waals surface area (Å²) in [7, 11) is 1.54. The number of phenols is 2. The molecule has 12 nitrogen and oxygen atoms in total. The Morgan fingerprint density at radius 2 is 1.90 bits per heavy atom. The first-order valence-corrected chi connectivity index (χ1v) is 18.7. The zero-order valence-electron chi connectivity index (χ0n) is 29.5. The molecule has 0 saturated carbocycles. The molecule has 1 amide bonds. The van der Waals surface area contributed by atoms with Crippen molar-refractivity contribution in [3.05, 3.63) is 88.9 Å². The molecule has 3 atom stereocenters. The SMILES string of the molecule is COc1ccc(C(CC(=O)NC(CCSC)c2nc(-c3ccccn3)no2)c2c(O)cc3c(c2O)C(=O)O[C@@H](C)CCCC(=O)CCC/C=C/3)cc1. The van der Waals surface area contributed by atoms with Crippen molar-refractivity contribution >= 4 is 35.5 Å². The van der Waals surface area contributed by atoms with Gasteiger partial charge in [-0.15, -0.1) is 0 Å². The molecule has 1 aliphatic heterocycles. The van der Waals surface area contributed by atoms with Gasteiger partial charge < -0.3 is 29.5 Å². The number of rotatable bonds is 11. The number of ether oxygens (including phenoxy) is 2. The van der Waals surface area contributed by atoms with Crippen LogP contribution in [-0.2, 0) is 14.3 Å². The van der Waals surface area contributed by atoms with Gasteiger partial charge in [-0.1, -0.05) is 35.5 Å². The summed E-state index contributed by atoms with van der Waals surface area (Å²) in [4.78, 5) is 48.7. The number of carbonyl (C=O) groups is 3. The summed E-state index contributed by atoms with van der Waals surface area (Å²) in [6.07, 6.45) is 9.86. The van der Waals surface area contributed by atoms with Crippen LogP contribution in [0.1, 0.15) is 103 Å². The summed E-state index contributed by atoms with van der Waals surface area (Å²) in [6.45, 7) is 1.74. The van der Waals surface area contributed by atoms with E-state index in [-0.39, 0.29) is 40.5 Å². The van der Waals surface area contributed by atoms with E-state index in [2.05, 4.69) is 20.4 Å². The predicted octanol–water partition coefficient (Wildman–Crippen LogP) is 7.17. The van der Waals surface area contributed by atoms with E-state index in [0.29, 0.717) is 73.5 Å². The van der Waals surface area contributed by atoms with Gasteiger partial charge in [-0.25, -0.2) is 4.79 Å². The van der Waals surface area contributed by atoms with E-state index in [4.69, 9.17) is 14.0 Å². The number of hydrogen-bond donors (Lipinski definition) is 3. The fourth-order valence-electron chi connectivity index (χ4n) is 6.15. The Morgan fingerprint density at radius 3 is 2.63 bits per heavy atom. The lowest BCUT2D eigenvalue weighted by Gasteiger charge is -2.24. The molecule has 274 valence electrons. The second-order valence-electron chi connectivity index (χ2n) is 12.7. The van der Waals surface area contributed by atoms with Crippen molar-refractivity contribution in [3.8, 4) is 28.8 Å². The standard InChI is InChI=1S/C39H44N4O8S/c1-24-10-9-13-27(44)12-6-4-5-11-26-22-32(45)35(36(47)34(26)39(48)50-24)29(25-15-17-28(49-2)18-16-25)23-33(46)41-31(19-21-52-3)38-42-37(43-51-38)30-14-7-8-20-40-30/h5,7-8,11,14-18,20,22,24,29,31,45,47H,4,6,9-10,12-13,19,21,23H2,1-3H3,(H,41,46)/b11-5+/t24-,29?,31?/m0/s1. The van der Waals surface area contributed by atoms with Gasteiger partial charge in [0.2, 0.25) is 17.6 Å². The summed E-state index contributed by atoms with van der Waals surface area (Å²) >= 11 is 1.60. The monoisotopic (exact) mass is 728 g/mol. The Kier molecular flexibility index (Phi) is 13.4. The molecule has 3 N–H and O–H groups in total. The van der Waals surface area contributed by atoms with Crippen LogP contribution in [0.5, 0.6) is 17.2 Å². The number of ketones is 1. The van der Waals surface area contributed by atoms with Gasteiger partial charge in [0.15, 0.2) is 0 Å².